The molecule has 0 fully saturated rings. The van der Waals surface area contributed by atoms with Crippen LogP contribution in [0.3, 0.4) is 0 Å². The lowest BCUT2D eigenvalue weighted by Gasteiger charge is -2.10. The van der Waals surface area contributed by atoms with Crippen LogP contribution >= 0.6 is 0 Å². The molecular weight excluding hydrogens is 412 g/mol. The Kier molecular flexibility index (Phi) is 5.21. The van der Waals surface area contributed by atoms with E-state index in [-0.39, 0.29) is 5.97 Å². The van der Waals surface area contributed by atoms with Gasteiger partial charge in [0.15, 0.2) is 5.65 Å². The third-order valence-corrected chi connectivity index (χ3v) is 6.10. The summed E-state index contributed by atoms with van der Waals surface area (Å²) in [6.45, 7) is 6.91. The molecule has 0 atom stereocenters. The molecule has 6 heteroatoms. The van der Waals surface area contributed by atoms with Crippen molar-refractivity contribution in [2.75, 3.05) is 7.11 Å². The lowest BCUT2D eigenvalue weighted by Crippen LogP contribution is -2.06. The van der Waals surface area contributed by atoms with E-state index in [1.165, 1.54) is 7.11 Å². The van der Waals surface area contributed by atoms with Crippen molar-refractivity contribution in [3.05, 3.63) is 82.9 Å². The Balaban J connectivity index is 1.56. The van der Waals surface area contributed by atoms with Gasteiger partial charge in [-0.25, -0.2) is 14.8 Å². The fourth-order valence-corrected chi connectivity index (χ4v) is 4.54. The molecule has 0 aliphatic heterocycles. The molecule has 5 rings (SSSR count). The Bertz CT molecular complexity index is 1490. The molecule has 3 heterocycles. The van der Waals surface area contributed by atoms with Crippen LogP contribution in [0.1, 0.15) is 40.1 Å². The summed E-state index contributed by atoms with van der Waals surface area (Å²) < 4.78 is 7.22. The predicted molar refractivity (Wildman–Crippen MR) is 131 cm³/mol. The van der Waals surface area contributed by atoms with E-state index >= 15 is 0 Å². The van der Waals surface area contributed by atoms with Crippen LogP contribution in [-0.4, -0.2) is 32.6 Å². The predicted octanol–water partition coefficient (Wildman–Crippen LogP) is 5.59. The molecule has 0 unspecified atom stereocenters. The van der Waals surface area contributed by atoms with Gasteiger partial charge in [0, 0.05) is 28.6 Å². The number of fused-ring (bicyclic) bond motifs is 2. The molecule has 0 saturated heterocycles. The minimum Gasteiger partial charge on any atom is -0.464 e. The van der Waals surface area contributed by atoms with Gasteiger partial charge in [-0.2, -0.15) is 0 Å². The SMILES string of the molecule is CCc1nc2c(C)cc(C)nc2n1Cc1ccc(-c2c(C(=O)OC)[nH]c3ccccc23)cc1. The average Bonchev–Trinajstić information content (AvgIpc) is 3.38. The van der Waals surface area contributed by atoms with Gasteiger partial charge in [-0.15, -0.1) is 0 Å². The number of ether oxygens (including phenoxy) is 1. The highest BCUT2D eigenvalue weighted by Crippen LogP contribution is 2.33. The summed E-state index contributed by atoms with van der Waals surface area (Å²) in [7, 11) is 1.40. The number of hydrogen-bond donors (Lipinski definition) is 1. The van der Waals surface area contributed by atoms with Gasteiger partial charge in [0.2, 0.25) is 0 Å². The van der Waals surface area contributed by atoms with E-state index in [0.717, 1.165) is 62.3 Å². The third-order valence-electron chi connectivity index (χ3n) is 6.10. The van der Waals surface area contributed by atoms with Gasteiger partial charge < -0.3 is 14.3 Å². The summed E-state index contributed by atoms with van der Waals surface area (Å²) in [6.07, 6.45) is 0.838. The molecule has 2 aromatic carbocycles. The lowest BCUT2D eigenvalue weighted by molar-refractivity contribution is 0.0596. The summed E-state index contributed by atoms with van der Waals surface area (Å²) in [5.74, 6) is 0.652. The van der Waals surface area contributed by atoms with Crippen LogP contribution < -0.4 is 0 Å². The molecule has 166 valence electrons. The zero-order valence-corrected chi connectivity index (χ0v) is 19.3. The van der Waals surface area contributed by atoms with Crippen molar-refractivity contribution in [1.82, 2.24) is 19.5 Å². The number of para-hydroxylation sites is 1. The number of imidazole rings is 1. The highest BCUT2D eigenvalue weighted by molar-refractivity contribution is 6.07. The number of aromatic nitrogens is 4. The molecular formula is C27H26N4O2. The Morgan fingerprint density at radius 3 is 2.55 bits per heavy atom. The van der Waals surface area contributed by atoms with Gasteiger partial charge >= 0.3 is 5.97 Å². The maximum Gasteiger partial charge on any atom is 0.355 e. The Morgan fingerprint density at radius 1 is 1.06 bits per heavy atom. The quantitative estimate of drug-likeness (QED) is 0.363. The van der Waals surface area contributed by atoms with E-state index in [2.05, 4.69) is 53.7 Å². The first kappa shape index (κ1) is 20.9. The molecule has 0 amide bonds. The first-order valence-electron chi connectivity index (χ1n) is 11.1. The fraction of sp³-hybridized carbons (Fsp3) is 0.222. The van der Waals surface area contributed by atoms with Gasteiger partial charge in [0.05, 0.1) is 13.7 Å². The Morgan fingerprint density at radius 2 is 1.82 bits per heavy atom. The van der Waals surface area contributed by atoms with Crippen LogP contribution in [0.2, 0.25) is 0 Å². The Labute approximate surface area is 192 Å². The van der Waals surface area contributed by atoms with Crippen molar-refractivity contribution in [2.45, 2.75) is 33.7 Å². The van der Waals surface area contributed by atoms with Crippen LogP contribution in [-0.2, 0) is 17.7 Å². The fourth-order valence-electron chi connectivity index (χ4n) is 4.54. The molecule has 0 radical (unpaired) electrons. The van der Waals surface area contributed by atoms with Crippen LogP contribution in [0, 0.1) is 13.8 Å². The van der Waals surface area contributed by atoms with Crippen LogP contribution in [0.4, 0.5) is 0 Å². The van der Waals surface area contributed by atoms with Crippen LogP contribution in [0.25, 0.3) is 33.2 Å². The number of aryl methyl sites for hydroxylation is 3. The maximum atomic E-state index is 12.4. The number of methoxy groups -OCH3 is 1. The van der Waals surface area contributed by atoms with Crippen molar-refractivity contribution >= 4 is 28.0 Å². The van der Waals surface area contributed by atoms with Gasteiger partial charge in [-0.1, -0.05) is 49.4 Å². The molecule has 1 N–H and O–H groups in total. The van der Waals surface area contributed by atoms with Crippen LogP contribution in [0.15, 0.2) is 54.6 Å². The van der Waals surface area contributed by atoms with E-state index in [1.807, 2.05) is 31.2 Å². The highest BCUT2D eigenvalue weighted by Gasteiger charge is 2.20. The van der Waals surface area contributed by atoms with Gasteiger partial charge in [-0.05, 0) is 42.7 Å². The van der Waals surface area contributed by atoms with Crippen molar-refractivity contribution in [3.63, 3.8) is 0 Å². The summed E-state index contributed by atoms with van der Waals surface area (Å²) in [5.41, 5.74) is 8.39. The zero-order chi connectivity index (χ0) is 23.1. The van der Waals surface area contributed by atoms with E-state index in [1.54, 1.807) is 0 Å². The molecule has 0 spiro atoms. The number of H-pyrrole nitrogens is 1. The van der Waals surface area contributed by atoms with E-state index < -0.39 is 0 Å². The summed E-state index contributed by atoms with van der Waals surface area (Å²) in [4.78, 5) is 25.3. The molecule has 0 bridgehead atoms. The number of hydrogen-bond acceptors (Lipinski definition) is 4. The van der Waals surface area contributed by atoms with Gasteiger partial charge in [-0.3, -0.25) is 0 Å². The van der Waals surface area contributed by atoms with Crippen molar-refractivity contribution in [1.29, 1.82) is 0 Å². The standard InChI is InChI=1S/C27H26N4O2/c1-5-22-30-24-16(2)14-17(3)28-26(24)31(22)15-18-10-12-19(13-11-18)23-20-8-6-7-9-21(20)29-25(23)27(32)33-4/h6-14,29H,5,15H2,1-4H3. The van der Waals surface area contributed by atoms with E-state index in [9.17, 15) is 4.79 Å². The number of esters is 1. The largest absolute Gasteiger partial charge is 0.464 e. The molecule has 0 aliphatic rings. The molecule has 5 aromatic rings. The molecule has 3 aromatic heterocycles. The van der Waals surface area contributed by atoms with Gasteiger partial charge in [0.25, 0.3) is 0 Å². The number of pyridine rings is 1. The number of carbonyl (C=O) groups excluding carboxylic acids is 1. The zero-order valence-electron chi connectivity index (χ0n) is 19.3. The monoisotopic (exact) mass is 438 g/mol. The smallest absolute Gasteiger partial charge is 0.355 e. The second-order valence-corrected chi connectivity index (χ2v) is 8.33. The van der Waals surface area contributed by atoms with E-state index in [0.29, 0.717) is 12.2 Å². The molecule has 33 heavy (non-hydrogen) atoms. The third kappa shape index (κ3) is 3.57. The van der Waals surface area contributed by atoms with Gasteiger partial charge in [0.1, 0.15) is 17.0 Å². The van der Waals surface area contributed by atoms with E-state index in [4.69, 9.17) is 14.7 Å². The molecule has 6 nitrogen and oxygen atoms in total. The van der Waals surface area contributed by atoms with Crippen molar-refractivity contribution < 1.29 is 9.53 Å². The normalized spacial score (nSPS) is 11.4. The number of nitrogens with one attached hydrogen (secondary N) is 1. The van der Waals surface area contributed by atoms with Crippen molar-refractivity contribution in [3.8, 4) is 11.1 Å². The number of benzene rings is 2. The minimum atomic E-state index is -0.375. The average molecular weight is 439 g/mol. The maximum absolute atomic E-state index is 12.4. The van der Waals surface area contributed by atoms with Crippen molar-refractivity contribution in [2.24, 2.45) is 0 Å². The summed E-state index contributed by atoms with van der Waals surface area (Å²) in [6, 6.07) is 18.3. The second kappa shape index (κ2) is 8.20. The van der Waals surface area contributed by atoms with Crippen LogP contribution in [0.5, 0.6) is 0 Å². The number of nitrogens with zero attached hydrogens (tertiary/aromatic N) is 3. The number of rotatable bonds is 5. The first-order valence-corrected chi connectivity index (χ1v) is 11.1. The highest BCUT2D eigenvalue weighted by atomic mass is 16.5. The summed E-state index contributed by atoms with van der Waals surface area (Å²) >= 11 is 0. The number of aromatic amines is 1. The molecule has 0 saturated carbocycles. The topological polar surface area (TPSA) is 72.8 Å². The minimum absolute atomic E-state index is 0.375. The lowest BCUT2D eigenvalue weighted by atomic mass is 10.0. The molecule has 0 aliphatic carbocycles. The first-order chi connectivity index (χ1) is 16.0. The second-order valence-electron chi connectivity index (χ2n) is 8.33. The Hall–Kier alpha value is -3.93. The summed E-state index contributed by atoms with van der Waals surface area (Å²) in [5, 5.41) is 0.995. The number of carbonyl (C=O) groups is 1.